The second-order valence-corrected chi connectivity index (χ2v) is 7.85. The van der Waals surface area contributed by atoms with Crippen LogP contribution in [0.2, 0.25) is 0 Å². The molecule has 27 heavy (non-hydrogen) atoms. The molecule has 7 heteroatoms. The minimum absolute atomic E-state index is 0.102. The number of thiazole rings is 1. The molecule has 3 aromatic rings. The van der Waals surface area contributed by atoms with Gasteiger partial charge in [0, 0.05) is 42.0 Å². The van der Waals surface area contributed by atoms with Gasteiger partial charge in [-0.3, -0.25) is 4.68 Å². The van der Waals surface area contributed by atoms with E-state index in [0.717, 1.165) is 32.4 Å². The van der Waals surface area contributed by atoms with Gasteiger partial charge in [-0.2, -0.15) is 5.10 Å². The number of nitrogens with zero attached hydrogens (tertiary/aromatic N) is 4. The van der Waals surface area contributed by atoms with E-state index in [2.05, 4.69) is 15.4 Å². The zero-order chi connectivity index (χ0) is 19.6. The van der Waals surface area contributed by atoms with Crippen LogP contribution in [0.3, 0.4) is 0 Å². The molecule has 2 heterocycles. The molecule has 0 spiro atoms. The fourth-order valence-electron chi connectivity index (χ4n) is 3.18. The monoisotopic (exact) mass is 383 g/mol. The third-order valence-electron chi connectivity index (χ3n) is 4.65. The Morgan fingerprint density at radius 2 is 2.00 bits per heavy atom. The molecular weight excluding hydrogens is 358 g/mol. The summed E-state index contributed by atoms with van der Waals surface area (Å²) >= 11 is 1.61. The fourth-order valence-corrected chi connectivity index (χ4v) is 4.16. The summed E-state index contributed by atoms with van der Waals surface area (Å²) in [6.45, 7) is 6.50. The van der Waals surface area contributed by atoms with Crippen molar-refractivity contribution < 1.29 is 4.79 Å². The van der Waals surface area contributed by atoms with Crippen LogP contribution in [0.4, 0.5) is 4.79 Å². The first-order chi connectivity index (χ1) is 12.9. The average Bonchev–Trinajstić information content (AvgIpc) is 3.20. The van der Waals surface area contributed by atoms with Crippen molar-refractivity contribution >= 4 is 17.4 Å². The number of carbonyl (C=O) groups excluding carboxylic acids is 1. The van der Waals surface area contributed by atoms with Crippen molar-refractivity contribution in [3.63, 3.8) is 0 Å². The second kappa shape index (κ2) is 7.92. The largest absolute Gasteiger partial charge is 0.331 e. The lowest BCUT2D eigenvalue weighted by Gasteiger charge is -2.21. The first-order valence-corrected chi connectivity index (χ1v) is 9.70. The molecule has 0 bridgehead atoms. The zero-order valence-corrected chi connectivity index (χ0v) is 17.2. The Bertz CT molecular complexity index is 931. The summed E-state index contributed by atoms with van der Waals surface area (Å²) in [5, 5.41) is 8.46. The molecule has 3 rings (SSSR count). The average molecular weight is 384 g/mol. The summed E-state index contributed by atoms with van der Waals surface area (Å²) in [6.07, 6.45) is 1.84. The van der Waals surface area contributed by atoms with Crippen LogP contribution in [0.5, 0.6) is 0 Å². The minimum atomic E-state index is -0.111. The van der Waals surface area contributed by atoms with Crippen LogP contribution >= 0.6 is 11.3 Å². The molecule has 1 aromatic carbocycles. The van der Waals surface area contributed by atoms with Crippen molar-refractivity contribution in [1.29, 1.82) is 0 Å². The van der Waals surface area contributed by atoms with Gasteiger partial charge in [0.25, 0.3) is 0 Å². The molecule has 2 amide bonds. The predicted octanol–water partition coefficient (Wildman–Crippen LogP) is 4.06. The van der Waals surface area contributed by atoms with Crippen molar-refractivity contribution in [3.8, 4) is 10.6 Å². The summed E-state index contributed by atoms with van der Waals surface area (Å²) in [4.78, 5) is 19.8. The molecule has 142 valence electrons. The van der Waals surface area contributed by atoms with Gasteiger partial charge >= 0.3 is 6.03 Å². The maximum absolute atomic E-state index is 12.6. The van der Waals surface area contributed by atoms with Crippen molar-refractivity contribution in [2.75, 3.05) is 7.05 Å². The molecule has 0 radical (unpaired) electrons. The van der Waals surface area contributed by atoms with Crippen LogP contribution in [0.1, 0.15) is 34.8 Å². The maximum atomic E-state index is 12.6. The van der Waals surface area contributed by atoms with Crippen LogP contribution in [0.25, 0.3) is 10.6 Å². The summed E-state index contributed by atoms with van der Waals surface area (Å²) in [5.41, 5.74) is 4.18. The summed E-state index contributed by atoms with van der Waals surface area (Å²) < 4.78 is 1.85. The van der Waals surface area contributed by atoms with E-state index >= 15 is 0 Å². The van der Waals surface area contributed by atoms with Gasteiger partial charge in [-0.25, -0.2) is 9.78 Å². The van der Waals surface area contributed by atoms with Gasteiger partial charge in [0.15, 0.2) is 0 Å². The van der Waals surface area contributed by atoms with Crippen LogP contribution in [0.15, 0.2) is 36.5 Å². The number of carbonyl (C=O) groups is 1. The minimum Gasteiger partial charge on any atom is -0.331 e. The molecule has 0 aliphatic carbocycles. The van der Waals surface area contributed by atoms with E-state index in [1.165, 1.54) is 0 Å². The van der Waals surface area contributed by atoms with Crippen LogP contribution in [-0.4, -0.2) is 32.7 Å². The zero-order valence-electron chi connectivity index (χ0n) is 16.4. The molecule has 2 aromatic heterocycles. The van der Waals surface area contributed by atoms with Crippen LogP contribution in [-0.2, 0) is 13.6 Å². The third kappa shape index (κ3) is 4.19. The number of urea groups is 1. The van der Waals surface area contributed by atoms with E-state index in [9.17, 15) is 4.79 Å². The Hall–Kier alpha value is -2.67. The molecule has 0 fully saturated rings. The highest BCUT2D eigenvalue weighted by Crippen LogP contribution is 2.26. The number of hydrogen-bond donors (Lipinski definition) is 1. The highest BCUT2D eigenvalue weighted by Gasteiger charge is 2.20. The fraction of sp³-hybridized carbons (Fsp3) is 0.350. The van der Waals surface area contributed by atoms with Gasteiger partial charge in [-0.05, 0) is 20.8 Å². The molecule has 1 N–H and O–H groups in total. The highest BCUT2D eigenvalue weighted by atomic mass is 32.1. The molecule has 1 atom stereocenters. The quantitative estimate of drug-likeness (QED) is 0.722. The molecule has 0 aliphatic heterocycles. The number of hydrogen-bond acceptors (Lipinski definition) is 4. The van der Waals surface area contributed by atoms with Gasteiger partial charge in [-0.15, -0.1) is 11.3 Å². The molecule has 6 nitrogen and oxygen atoms in total. The van der Waals surface area contributed by atoms with E-state index in [4.69, 9.17) is 0 Å². The summed E-state index contributed by atoms with van der Waals surface area (Å²) in [7, 11) is 3.72. The topological polar surface area (TPSA) is 63.1 Å². The SMILES string of the molecule is Cc1nn(C)c(C)c1[C@@H](C)NC(=O)N(C)Cc1cnc(-c2ccccc2)s1. The van der Waals surface area contributed by atoms with Crippen LogP contribution < -0.4 is 5.32 Å². The molecular formula is C20H25N5OS. The number of aromatic nitrogens is 3. The van der Waals surface area contributed by atoms with E-state index in [1.54, 1.807) is 23.3 Å². The van der Waals surface area contributed by atoms with E-state index in [0.29, 0.717) is 6.54 Å². The Morgan fingerprint density at radius 1 is 1.30 bits per heavy atom. The van der Waals surface area contributed by atoms with Crippen LogP contribution in [0, 0.1) is 13.8 Å². The smallest absolute Gasteiger partial charge is 0.317 e. The molecule has 0 unspecified atom stereocenters. The van der Waals surface area contributed by atoms with Crippen molar-refractivity contribution in [3.05, 3.63) is 58.4 Å². The molecule has 0 saturated heterocycles. The van der Waals surface area contributed by atoms with E-state index in [1.807, 2.05) is 69.0 Å². The Kier molecular flexibility index (Phi) is 5.60. The first kappa shape index (κ1) is 19.1. The lowest BCUT2D eigenvalue weighted by Crippen LogP contribution is -2.38. The number of aryl methyl sites for hydroxylation is 2. The van der Waals surface area contributed by atoms with Crippen molar-refractivity contribution in [2.45, 2.75) is 33.4 Å². The summed E-state index contributed by atoms with van der Waals surface area (Å²) in [5.74, 6) is 0. The van der Waals surface area contributed by atoms with E-state index in [-0.39, 0.29) is 12.1 Å². The number of nitrogens with one attached hydrogen (secondary N) is 1. The van der Waals surface area contributed by atoms with Crippen molar-refractivity contribution in [2.24, 2.45) is 7.05 Å². The van der Waals surface area contributed by atoms with Gasteiger partial charge in [0.1, 0.15) is 5.01 Å². The summed E-state index contributed by atoms with van der Waals surface area (Å²) in [6, 6.07) is 9.86. The number of amides is 2. The Morgan fingerprint density at radius 3 is 2.63 bits per heavy atom. The van der Waals surface area contributed by atoms with Gasteiger partial charge in [-0.1, -0.05) is 30.3 Å². The van der Waals surface area contributed by atoms with Gasteiger partial charge < -0.3 is 10.2 Å². The normalized spacial score (nSPS) is 12.0. The van der Waals surface area contributed by atoms with E-state index < -0.39 is 0 Å². The third-order valence-corrected chi connectivity index (χ3v) is 5.68. The first-order valence-electron chi connectivity index (χ1n) is 8.88. The second-order valence-electron chi connectivity index (χ2n) is 6.73. The lowest BCUT2D eigenvalue weighted by molar-refractivity contribution is 0.204. The number of benzene rings is 1. The lowest BCUT2D eigenvalue weighted by atomic mass is 10.1. The predicted molar refractivity (Wildman–Crippen MR) is 109 cm³/mol. The van der Waals surface area contributed by atoms with Gasteiger partial charge in [0.2, 0.25) is 0 Å². The standard InChI is InChI=1S/C20H25N5OS/c1-13(18-14(2)23-25(5)15(18)3)22-20(26)24(4)12-17-11-21-19(27-17)16-9-7-6-8-10-16/h6-11,13H,12H2,1-5H3,(H,22,26)/t13-/m1/s1. The number of rotatable bonds is 5. The Balaban J connectivity index is 1.63. The molecule has 0 aliphatic rings. The highest BCUT2D eigenvalue weighted by molar-refractivity contribution is 7.15. The van der Waals surface area contributed by atoms with Crippen molar-refractivity contribution in [1.82, 2.24) is 25.0 Å². The Labute approximate surface area is 163 Å². The van der Waals surface area contributed by atoms with Gasteiger partial charge in [0.05, 0.1) is 18.3 Å². The molecule has 0 saturated carbocycles. The maximum Gasteiger partial charge on any atom is 0.317 e.